The molecule has 20 nitrogen and oxygen atoms in total. The first-order valence-corrected chi connectivity index (χ1v) is 26.5. The molecule has 9 atom stereocenters. The number of carbonyl (C=O) groups excluding carboxylic acids is 8. The van der Waals surface area contributed by atoms with Crippen molar-refractivity contribution in [2.24, 2.45) is 29.4 Å². The van der Waals surface area contributed by atoms with Crippen LogP contribution in [0, 0.1) is 23.7 Å². The number of hydrogen-bond donors (Lipinski definition) is 6. The second kappa shape index (κ2) is 29.4. The van der Waals surface area contributed by atoms with Crippen LogP contribution in [0.1, 0.15) is 105 Å². The van der Waals surface area contributed by atoms with Crippen LogP contribution in [0.5, 0.6) is 0 Å². The number of amides is 9. The lowest BCUT2D eigenvalue weighted by atomic mass is 9.87. The van der Waals surface area contributed by atoms with Crippen molar-refractivity contribution in [1.82, 2.24) is 45.9 Å². The predicted molar refractivity (Wildman–Crippen MR) is 283 cm³/mol. The van der Waals surface area contributed by atoms with Crippen LogP contribution >= 0.6 is 0 Å². The monoisotopic (exact) mass is 1030 g/mol. The van der Waals surface area contributed by atoms with Gasteiger partial charge < -0.3 is 41.0 Å². The highest BCUT2D eigenvalue weighted by Crippen LogP contribution is 2.31. The smallest absolute Gasteiger partial charge is 0.314 e. The number of benzene rings is 1. The number of nitrogens with one attached hydrogen (secondary N) is 5. The highest BCUT2D eigenvalue weighted by Gasteiger charge is 2.44. The Morgan fingerprint density at radius 1 is 0.838 bits per heavy atom. The molecule has 74 heavy (non-hydrogen) atoms. The maximum absolute atomic E-state index is 14.5. The van der Waals surface area contributed by atoms with Gasteiger partial charge in [0.2, 0.25) is 29.5 Å². The van der Waals surface area contributed by atoms with Gasteiger partial charge in [0.15, 0.2) is 0 Å². The molecule has 0 bridgehead atoms. The molecule has 0 aliphatic carbocycles. The zero-order chi connectivity index (χ0) is 54.8. The number of H-pyrrole nitrogens is 1. The Bertz CT molecular complexity index is 2230. The first-order valence-electron chi connectivity index (χ1n) is 26.5. The standard InChI is InChI=1S/C54H86N10O10/c1-12-35(6)48(42(73-10)31-45(67)63-28-19-22-41(63)49(74-11)36(7)51(69)59-40(50(55)68)30-37-32-58-39-21-16-15-20-38(37)39)62(9)47(34(4)5)53(71)60-52(70)46(33(2)3)61(8)27-18-14-13-17-25-56-54(72)57-26-29-64-43(65)23-24-44(64)66/h15-16,20-21,23-24,32-36,40-42,46-49,58H,12-14,17-19,22,25-31H2,1-11H3,(H2,55,68)(H,59,69)(H2,56,57,72)(H,60,70,71)/t35-,36+,40-,41-,42+,46-,47-,48-,49+/m0/s1. The van der Waals surface area contributed by atoms with Crippen LogP contribution in [0.15, 0.2) is 42.6 Å². The number of nitrogens with zero attached hydrogens (tertiary/aromatic N) is 4. The number of carbonyl (C=O) groups is 8. The topological polar surface area (TPSA) is 258 Å². The number of aromatic amines is 1. The fraction of sp³-hybridized carbons (Fsp3) is 0.667. The third-order valence-electron chi connectivity index (χ3n) is 14.9. The number of methoxy groups -OCH3 is 2. The van der Waals surface area contributed by atoms with Gasteiger partial charge in [0.1, 0.15) is 6.04 Å². The average molecular weight is 1040 g/mol. The minimum absolute atomic E-state index is 0.000476. The van der Waals surface area contributed by atoms with Crippen molar-refractivity contribution < 1.29 is 47.8 Å². The number of fused-ring (bicyclic) bond motifs is 1. The number of nitrogens with two attached hydrogens (primary N) is 1. The van der Waals surface area contributed by atoms with E-state index in [0.29, 0.717) is 32.5 Å². The molecule has 0 radical (unpaired) electrons. The number of aromatic nitrogens is 1. The Balaban J connectivity index is 1.33. The molecule has 7 N–H and O–H groups in total. The Labute approximate surface area is 438 Å². The number of likely N-dealkylation sites (N-methyl/N-ethyl adjacent to an activating group) is 2. The molecule has 2 aliphatic rings. The Kier molecular flexibility index (Phi) is 24.2. The second-order valence-corrected chi connectivity index (χ2v) is 20.8. The summed E-state index contributed by atoms with van der Waals surface area (Å²) in [4.78, 5) is 115. The van der Waals surface area contributed by atoms with Gasteiger partial charge in [0, 0.05) is 82.1 Å². The molecule has 3 heterocycles. The summed E-state index contributed by atoms with van der Waals surface area (Å²) in [6.07, 6.45) is 8.38. The van der Waals surface area contributed by atoms with E-state index in [-0.39, 0.29) is 61.5 Å². The van der Waals surface area contributed by atoms with E-state index in [9.17, 15) is 38.4 Å². The van der Waals surface area contributed by atoms with Crippen molar-refractivity contribution in [2.75, 3.05) is 61.0 Å². The number of para-hydroxylation sites is 1. The Morgan fingerprint density at radius 3 is 2.09 bits per heavy atom. The quantitative estimate of drug-likeness (QED) is 0.0469. The molecule has 1 aromatic heterocycles. The van der Waals surface area contributed by atoms with Crippen molar-refractivity contribution in [3.63, 3.8) is 0 Å². The van der Waals surface area contributed by atoms with Gasteiger partial charge in [-0.1, -0.05) is 85.9 Å². The second-order valence-electron chi connectivity index (χ2n) is 20.8. The first-order chi connectivity index (χ1) is 35.2. The Morgan fingerprint density at radius 2 is 1.47 bits per heavy atom. The molecule has 20 heteroatoms. The van der Waals surface area contributed by atoms with Crippen molar-refractivity contribution in [1.29, 1.82) is 0 Å². The van der Waals surface area contributed by atoms with Gasteiger partial charge in [0.25, 0.3) is 11.8 Å². The zero-order valence-corrected chi connectivity index (χ0v) is 45.7. The third kappa shape index (κ3) is 16.4. The molecule has 2 aromatic rings. The Hall–Kier alpha value is -5.70. The summed E-state index contributed by atoms with van der Waals surface area (Å²) in [6, 6.07) is 4.19. The molecule has 2 aliphatic heterocycles. The van der Waals surface area contributed by atoms with Gasteiger partial charge in [-0.05, 0) is 75.7 Å². The average Bonchev–Trinajstić information content (AvgIpc) is 4.09. The minimum Gasteiger partial charge on any atom is -0.379 e. The van der Waals surface area contributed by atoms with Crippen LogP contribution in [0.3, 0.4) is 0 Å². The molecule has 412 valence electrons. The van der Waals surface area contributed by atoms with Crippen molar-refractivity contribution in [3.8, 4) is 0 Å². The molecule has 0 spiro atoms. The molecule has 1 fully saturated rings. The molecule has 0 saturated carbocycles. The molecular weight excluding hydrogens is 949 g/mol. The van der Waals surface area contributed by atoms with E-state index < -0.39 is 77.9 Å². The van der Waals surface area contributed by atoms with Gasteiger partial charge in [-0.25, -0.2) is 4.79 Å². The fourth-order valence-corrected chi connectivity index (χ4v) is 10.8. The van der Waals surface area contributed by atoms with E-state index in [1.807, 2.05) is 82.1 Å². The predicted octanol–water partition coefficient (Wildman–Crippen LogP) is 3.48. The largest absolute Gasteiger partial charge is 0.379 e. The van der Waals surface area contributed by atoms with E-state index in [4.69, 9.17) is 15.2 Å². The van der Waals surface area contributed by atoms with Gasteiger partial charge in [-0.2, -0.15) is 0 Å². The number of hydrogen-bond acceptors (Lipinski definition) is 12. The van der Waals surface area contributed by atoms with Crippen LogP contribution in [0.2, 0.25) is 0 Å². The number of rotatable bonds is 31. The van der Waals surface area contributed by atoms with Gasteiger partial charge >= 0.3 is 6.03 Å². The van der Waals surface area contributed by atoms with Crippen LogP contribution < -0.4 is 27.0 Å². The van der Waals surface area contributed by atoms with E-state index in [1.165, 1.54) is 19.3 Å². The van der Waals surface area contributed by atoms with E-state index in [1.54, 1.807) is 18.9 Å². The third-order valence-corrected chi connectivity index (χ3v) is 14.9. The lowest BCUT2D eigenvalue weighted by molar-refractivity contribution is -0.144. The number of urea groups is 1. The van der Waals surface area contributed by atoms with Crippen LogP contribution in [0.25, 0.3) is 10.9 Å². The highest BCUT2D eigenvalue weighted by atomic mass is 16.5. The molecule has 4 rings (SSSR count). The lowest BCUT2D eigenvalue weighted by Crippen LogP contribution is -2.60. The number of imide groups is 2. The molecule has 1 aromatic carbocycles. The van der Waals surface area contributed by atoms with Gasteiger partial charge in [0.05, 0.1) is 42.7 Å². The zero-order valence-electron chi connectivity index (χ0n) is 45.7. The number of unbranched alkanes of at least 4 members (excludes halogenated alkanes) is 3. The molecule has 0 unspecified atom stereocenters. The van der Waals surface area contributed by atoms with Crippen molar-refractivity contribution in [2.45, 2.75) is 149 Å². The maximum atomic E-state index is 14.5. The van der Waals surface area contributed by atoms with Crippen LogP contribution in [0.4, 0.5) is 4.79 Å². The summed E-state index contributed by atoms with van der Waals surface area (Å²) < 4.78 is 12.1. The summed E-state index contributed by atoms with van der Waals surface area (Å²) in [6.45, 7) is 15.4. The number of ether oxygens (including phenoxy) is 2. The van der Waals surface area contributed by atoms with E-state index in [0.717, 1.165) is 53.5 Å². The van der Waals surface area contributed by atoms with Crippen LogP contribution in [-0.2, 0) is 49.5 Å². The SMILES string of the molecule is CC[C@H](C)[C@@H]([C@@H](CC(=O)N1CCC[C@H]1[C@H](OC)[C@@H](C)C(=O)N[C@@H](Cc1c[nH]c2ccccc12)C(N)=O)OC)N(C)[C@H](C(=O)NC(=O)[C@H](C(C)C)N(C)CCCCCCNC(=O)NCCN1C(=O)C=CC1=O)C(C)C. The maximum Gasteiger partial charge on any atom is 0.314 e. The summed E-state index contributed by atoms with van der Waals surface area (Å²) in [5, 5.41) is 12.0. The summed E-state index contributed by atoms with van der Waals surface area (Å²) in [5.74, 6) is -3.94. The van der Waals surface area contributed by atoms with E-state index in [2.05, 4.69) is 40.1 Å². The van der Waals surface area contributed by atoms with Crippen LogP contribution in [-0.4, -0.2) is 175 Å². The molecule has 1 saturated heterocycles. The fourth-order valence-electron chi connectivity index (χ4n) is 10.8. The molecular formula is C54H86N10O10. The number of likely N-dealkylation sites (tertiary alicyclic amines) is 1. The summed E-state index contributed by atoms with van der Waals surface area (Å²) >= 11 is 0. The van der Waals surface area contributed by atoms with Crippen molar-refractivity contribution >= 4 is 58.3 Å². The van der Waals surface area contributed by atoms with Gasteiger partial charge in [-0.15, -0.1) is 0 Å². The normalized spacial score (nSPS) is 18.2. The molecule has 9 amide bonds. The minimum atomic E-state index is -0.971. The summed E-state index contributed by atoms with van der Waals surface area (Å²) in [5.41, 5.74) is 7.57. The van der Waals surface area contributed by atoms with Crippen molar-refractivity contribution in [3.05, 3.63) is 48.2 Å². The lowest BCUT2D eigenvalue weighted by Gasteiger charge is -2.43. The summed E-state index contributed by atoms with van der Waals surface area (Å²) in [7, 11) is 6.83. The van der Waals surface area contributed by atoms with E-state index >= 15 is 0 Å². The highest BCUT2D eigenvalue weighted by molar-refractivity contribution is 6.12. The first kappa shape index (κ1) is 60.9. The van der Waals surface area contributed by atoms with Gasteiger partial charge in [-0.3, -0.25) is 53.6 Å². The number of primary amides is 1.